The Kier molecular flexibility index (Phi) is 8.17. The van der Waals surface area contributed by atoms with Crippen LogP contribution >= 0.6 is 0 Å². The molecule has 3 rings (SSSR count). The van der Waals surface area contributed by atoms with Gasteiger partial charge in [-0.25, -0.2) is 14.6 Å². The maximum absolute atomic E-state index is 12.9. The fourth-order valence-corrected chi connectivity index (χ4v) is 3.61. The molecular weight excluding hydrogens is 428 g/mol. The predicted octanol–water partition coefficient (Wildman–Crippen LogP) is 3.03. The average molecular weight is 459 g/mol. The molecule has 33 heavy (non-hydrogen) atoms. The van der Waals surface area contributed by atoms with Crippen LogP contribution in [0.5, 0.6) is 17.2 Å². The molecule has 0 bridgehead atoms. The monoisotopic (exact) mass is 458 g/mol. The molecule has 2 amide bonds. The Morgan fingerprint density at radius 1 is 1.00 bits per heavy atom. The van der Waals surface area contributed by atoms with Crippen LogP contribution in [-0.4, -0.2) is 76.0 Å². The van der Waals surface area contributed by atoms with Crippen molar-refractivity contribution in [1.29, 1.82) is 0 Å². The number of esters is 1. The summed E-state index contributed by atoms with van der Waals surface area (Å²) in [6, 6.07) is 6.69. The maximum atomic E-state index is 12.9. The highest BCUT2D eigenvalue weighted by Gasteiger charge is 2.22. The van der Waals surface area contributed by atoms with Gasteiger partial charge in [0.25, 0.3) is 0 Å². The molecule has 0 radical (unpaired) electrons. The maximum Gasteiger partial charge on any atom is 0.339 e. The zero-order valence-electron chi connectivity index (χ0n) is 19.4. The summed E-state index contributed by atoms with van der Waals surface area (Å²) in [7, 11) is 4.58. The van der Waals surface area contributed by atoms with Crippen LogP contribution in [0.1, 0.15) is 23.7 Å². The van der Waals surface area contributed by atoms with Gasteiger partial charge in [0.2, 0.25) is 5.75 Å². The van der Waals surface area contributed by atoms with Crippen molar-refractivity contribution in [2.75, 3.05) is 64.3 Å². The third kappa shape index (κ3) is 5.76. The van der Waals surface area contributed by atoms with Crippen molar-refractivity contribution in [2.45, 2.75) is 13.3 Å². The van der Waals surface area contributed by atoms with Gasteiger partial charge >= 0.3 is 12.0 Å². The van der Waals surface area contributed by atoms with Gasteiger partial charge in [-0.3, -0.25) is 0 Å². The third-order valence-electron chi connectivity index (χ3n) is 5.28. The van der Waals surface area contributed by atoms with Crippen molar-refractivity contribution in [3.05, 3.63) is 36.0 Å². The number of pyridine rings is 1. The largest absolute Gasteiger partial charge is 0.493 e. The zero-order chi connectivity index (χ0) is 23.8. The number of nitrogens with one attached hydrogen (secondary N) is 1. The first kappa shape index (κ1) is 24.0. The molecule has 10 nitrogen and oxygen atoms in total. The van der Waals surface area contributed by atoms with Crippen molar-refractivity contribution >= 4 is 23.5 Å². The Bertz CT molecular complexity index is 941. The molecule has 2 aromatic rings. The molecule has 0 atom stereocenters. The summed E-state index contributed by atoms with van der Waals surface area (Å²) in [4.78, 5) is 33.0. The number of methoxy groups -OCH3 is 3. The van der Waals surface area contributed by atoms with Gasteiger partial charge in [0.1, 0.15) is 5.82 Å². The van der Waals surface area contributed by atoms with E-state index in [2.05, 4.69) is 15.2 Å². The number of carbonyl (C=O) groups excluding carboxylic acids is 2. The van der Waals surface area contributed by atoms with Gasteiger partial charge in [-0.15, -0.1) is 0 Å². The molecule has 1 aliphatic heterocycles. The SMILES string of the molecule is CCOC(=O)c1ccc(N2CCCN(C(=O)Nc3cc(OC)c(OC)c(OC)c3)CC2)nc1. The summed E-state index contributed by atoms with van der Waals surface area (Å²) >= 11 is 0. The second-order valence-corrected chi connectivity index (χ2v) is 7.30. The van der Waals surface area contributed by atoms with Crippen molar-refractivity contribution in [1.82, 2.24) is 9.88 Å². The Hall–Kier alpha value is -3.69. The molecule has 178 valence electrons. The number of hydrogen-bond donors (Lipinski definition) is 1. The first-order chi connectivity index (χ1) is 16.0. The fraction of sp³-hybridized carbons (Fsp3) is 0.435. The Morgan fingerprint density at radius 3 is 2.30 bits per heavy atom. The highest BCUT2D eigenvalue weighted by atomic mass is 16.5. The van der Waals surface area contributed by atoms with Crippen LogP contribution < -0.4 is 24.4 Å². The zero-order valence-corrected chi connectivity index (χ0v) is 19.4. The smallest absolute Gasteiger partial charge is 0.339 e. The molecule has 0 spiro atoms. The number of aromatic nitrogens is 1. The van der Waals surface area contributed by atoms with E-state index in [0.29, 0.717) is 54.7 Å². The summed E-state index contributed by atoms with van der Waals surface area (Å²) in [6.45, 7) is 4.58. The van der Waals surface area contributed by atoms with Gasteiger partial charge in [-0.05, 0) is 25.5 Å². The molecule has 1 aromatic carbocycles. The van der Waals surface area contributed by atoms with Gasteiger partial charge in [0.15, 0.2) is 11.5 Å². The number of hydrogen-bond acceptors (Lipinski definition) is 8. The molecule has 0 aliphatic carbocycles. The van der Waals surface area contributed by atoms with E-state index in [1.807, 2.05) is 0 Å². The van der Waals surface area contributed by atoms with E-state index >= 15 is 0 Å². The highest BCUT2D eigenvalue weighted by Crippen LogP contribution is 2.40. The first-order valence-electron chi connectivity index (χ1n) is 10.7. The molecular formula is C23H30N4O6. The summed E-state index contributed by atoms with van der Waals surface area (Å²) in [6.07, 6.45) is 2.30. The Morgan fingerprint density at radius 2 is 1.73 bits per heavy atom. The molecule has 1 saturated heterocycles. The molecule has 1 N–H and O–H groups in total. The first-order valence-corrected chi connectivity index (χ1v) is 10.7. The minimum atomic E-state index is -0.387. The van der Waals surface area contributed by atoms with Gasteiger partial charge in [-0.1, -0.05) is 0 Å². The number of amides is 2. The minimum Gasteiger partial charge on any atom is -0.493 e. The Labute approximate surface area is 193 Å². The summed E-state index contributed by atoms with van der Waals surface area (Å²) in [5.74, 6) is 1.76. The van der Waals surface area contributed by atoms with Crippen molar-refractivity contribution in [3.63, 3.8) is 0 Å². The van der Waals surface area contributed by atoms with Crippen LogP contribution in [0, 0.1) is 0 Å². The lowest BCUT2D eigenvalue weighted by atomic mass is 10.2. The van der Waals surface area contributed by atoms with Crippen molar-refractivity contribution < 1.29 is 28.5 Å². The number of rotatable bonds is 7. The van der Waals surface area contributed by atoms with Crippen LogP contribution in [0.2, 0.25) is 0 Å². The van der Waals surface area contributed by atoms with Crippen LogP contribution in [-0.2, 0) is 4.74 Å². The van der Waals surface area contributed by atoms with Crippen LogP contribution in [0.4, 0.5) is 16.3 Å². The van der Waals surface area contributed by atoms with Crippen molar-refractivity contribution in [2.24, 2.45) is 0 Å². The van der Waals surface area contributed by atoms with Crippen LogP contribution in [0.3, 0.4) is 0 Å². The second-order valence-electron chi connectivity index (χ2n) is 7.30. The molecule has 10 heteroatoms. The standard InChI is InChI=1S/C23H30N4O6/c1-5-33-22(28)16-7-8-20(24-15-16)26-9-6-10-27(12-11-26)23(29)25-17-13-18(30-2)21(32-4)19(14-17)31-3/h7-8,13-15H,5-6,9-12H2,1-4H3,(H,25,29). The second kappa shape index (κ2) is 11.3. The third-order valence-corrected chi connectivity index (χ3v) is 5.28. The Balaban J connectivity index is 1.64. The van der Waals surface area contributed by atoms with Gasteiger partial charge < -0.3 is 34.1 Å². The van der Waals surface area contributed by atoms with Gasteiger partial charge in [0, 0.05) is 44.5 Å². The lowest BCUT2D eigenvalue weighted by Gasteiger charge is -2.23. The molecule has 1 fully saturated rings. The normalized spacial score (nSPS) is 13.7. The molecule has 1 aliphatic rings. The van der Waals surface area contributed by atoms with Crippen molar-refractivity contribution in [3.8, 4) is 17.2 Å². The van der Waals surface area contributed by atoms with E-state index in [4.69, 9.17) is 18.9 Å². The highest BCUT2D eigenvalue weighted by molar-refractivity contribution is 5.90. The van der Waals surface area contributed by atoms with E-state index in [1.165, 1.54) is 27.5 Å². The number of urea groups is 1. The van der Waals surface area contributed by atoms with E-state index in [9.17, 15) is 9.59 Å². The quantitative estimate of drug-likeness (QED) is 0.632. The number of anilines is 2. The molecule has 0 unspecified atom stereocenters. The lowest BCUT2D eigenvalue weighted by Crippen LogP contribution is -2.38. The number of benzene rings is 1. The summed E-state index contributed by atoms with van der Waals surface area (Å²) < 4.78 is 21.0. The average Bonchev–Trinajstić information content (AvgIpc) is 3.10. The molecule has 1 aromatic heterocycles. The van der Waals surface area contributed by atoms with E-state index in [0.717, 1.165) is 18.8 Å². The van der Waals surface area contributed by atoms with E-state index < -0.39 is 0 Å². The van der Waals surface area contributed by atoms with Crippen LogP contribution in [0.25, 0.3) is 0 Å². The molecule has 2 heterocycles. The molecule has 0 saturated carbocycles. The van der Waals surface area contributed by atoms with E-state index in [-0.39, 0.29) is 12.0 Å². The van der Waals surface area contributed by atoms with E-state index in [1.54, 1.807) is 36.1 Å². The number of nitrogens with zero attached hydrogens (tertiary/aromatic N) is 3. The summed E-state index contributed by atoms with van der Waals surface area (Å²) in [5.41, 5.74) is 0.966. The van der Waals surface area contributed by atoms with Gasteiger partial charge in [-0.2, -0.15) is 0 Å². The topological polar surface area (TPSA) is 102 Å². The number of ether oxygens (including phenoxy) is 4. The van der Waals surface area contributed by atoms with Gasteiger partial charge in [0.05, 0.1) is 39.2 Å². The predicted molar refractivity (Wildman–Crippen MR) is 124 cm³/mol. The number of carbonyl (C=O) groups is 2. The summed E-state index contributed by atoms with van der Waals surface area (Å²) in [5, 5.41) is 2.91. The lowest BCUT2D eigenvalue weighted by molar-refractivity contribution is 0.0526. The van der Waals surface area contributed by atoms with Crippen LogP contribution in [0.15, 0.2) is 30.5 Å². The fourth-order valence-electron chi connectivity index (χ4n) is 3.61. The minimum absolute atomic E-state index is 0.211.